The van der Waals surface area contributed by atoms with Gasteiger partial charge in [-0.1, -0.05) is 29.8 Å². The van der Waals surface area contributed by atoms with E-state index < -0.39 is 5.82 Å². The van der Waals surface area contributed by atoms with E-state index in [4.69, 9.17) is 17.3 Å². The van der Waals surface area contributed by atoms with Gasteiger partial charge in [0.05, 0.1) is 5.02 Å². The number of pyridine rings is 1. The SMILES string of the molecule is CN(C)CCNC(=O)c1cccc(-c2cnc(N)c(-c3ccc(Cl)c(F)c3)c2)c1. The third kappa shape index (κ3) is 5.10. The standard InChI is InChI=1S/C22H22ClFN4O/c1-28(2)9-8-26-22(29)16-5-3-4-14(10-16)17-11-18(21(25)27-13-17)15-6-7-19(23)20(24)12-15/h3-7,10-13H,8-9H2,1-2H3,(H2,25,27)(H,26,29). The Morgan fingerprint density at radius 2 is 1.93 bits per heavy atom. The second-order valence-corrected chi connectivity index (χ2v) is 7.33. The highest BCUT2D eigenvalue weighted by Crippen LogP contribution is 2.31. The molecule has 2 aromatic carbocycles. The molecule has 0 saturated heterocycles. The molecule has 1 amide bonds. The highest BCUT2D eigenvalue weighted by molar-refractivity contribution is 6.30. The Morgan fingerprint density at radius 1 is 1.14 bits per heavy atom. The smallest absolute Gasteiger partial charge is 0.251 e. The summed E-state index contributed by atoms with van der Waals surface area (Å²) < 4.78 is 13.9. The van der Waals surface area contributed by atoms with Crippen molar-refractivity contribution in [3.05, 3.63) is 71.1 Å². The molecule has 1 heterocycles. The van der Waals surface area contributed by atoms with Crippen LogP contribution in [0.2, 0.25) is 5.02 Å². The minimum atomic E-state index is -0.523. The zero-order chi connectivity index (χ0) is 21.0. The molecule has 0 bridgehead atoms. The van der Waals surface area contributed by atoms with Crippen molar-refractivity contribution in [2.45, 2.75) is 0 Å². The number of anilines is 1. The maximum atomic E-state index is 13.9. The van der Waals surface area contributed by atoms with Crippen molar-refractivity contribution in [1.82, 2.24) is 15.2 Å². The lowest BCUT2D eigenvalue weighted by molar-refractivity contribution is 0.0951. The van der Waals surface area contributed by atoms with E-state index in [1.165, 1.54) is 12.1 Å². The topological polar surface area (TPSA) is 71.2 Å². The Morgan fingerprint density at radius 3 is 2.66 bits per heavy atom. The number of carbonyl (C=O) groups is 1. The fourth-order valence-electron chi connectivity index (χ4n) is 2.86. The van der Waals surface area contributed by atoms with Crippen LogP contribution in [0.4, 0.5) is 10.2 Å². The van der Waals surface area contributed by atoms with E-state index in [1.54, 1.807) is 24.4 Å². The highest BCUT2D eigenvalue weighted by atomic mass is 35.5. The zero-order valence-corrected chi connectivity index (χ0v) is 17.0. The molecule has 0 spiro atoms. The molecule has 3 rings (SSSR count). The first kappa shape index (κ1) is 20.8. The van der Waals surface area contributed by atoms with E-state index in [-0.39, 0.29) is 16.7 Å². The number of amides is 1. The van der Waals surface area contributed by atoms with Crippen molar-refractivity contribution in [3.8, 4) is 22.3 Å². The summed E-state index contributed by atoms with van der Waals surface area (Å²) in [5, 5.41) is 2.94. The van der Waals surface area contributed by atoms with E-state index in [0.29, 0.717) is 23.2 Å². The summed E-state index contributed by atoms with van der Waals surface area (Å²) in [6.07, 6.45) is 1.63. The van der Waals surface area contributed by atoms with Gasteiger partial charge in [0.1, 0.15) is 11.6 Å². The number of hydrogen-bond acceptors (Lipinski definition) is 4. The van der Waals surface area contributed by atoms with Crippen molar-refractivity contribution in [3.63, 3.8) is 0 Å². The summed E-state index contributed by atoms with van der Waals surface area (Å²) in [4.78, 5) is 18.6. The number of halogens is 2. The molecule has 0 aliphatic rings. The minimum Gasteiger partial charge on any atom is -0.383 e. The van der Waals surface area contributed by atoms with Gasteiger partial charge in [0.2, 0.25) is 0 Å². The molecule has 0 radical (unpaired) electrons. The van der Waals surface area contributed by atoms with E-state index in [2.05, 4.69) is 10.3 Å². The maximum Gasteiger partial charge on any atom is 0.251 e. The van der Waals surface area contributed by atoms with Crippen molar-refractivity contribution in [2.75, 3.05) is 32.9 Å². The fraction of sp³-hybridized carbons (Fsp3) is 0.182. The number of aromatic nitrogens is 1. The second kappa shape index (κ2) is 9.03. The summed E-state index contributed by atoms with van der Waals surface area (Å²) in [7, 11) is 3.90. The summed E-state index contributed by atoms with van der Waals surface area (Å²) in [6.45, 7) is 1.32. The van der Waals surface area contributed by atoms with Gasteiger partial charge >= 0.3 is 0 Å². The number of nitrogens with two attached hydrogens (primary N) is 1. The minimum absolute atomic E-state index is 0.0458. The summed E-state index contributed by atoms with van der Waals surface area (Å²) in [5.74, 6) is -0.379. The predicted molar refractivity (Wildman–Crippen MR) is 115 cm³/mol. The van der Waals surface area contributed by atoms with E-state index >= 15 is 0 Å². The summed E-state index contributed by atoms with van der Waals surface area (Å²) in [6, 6.07) is 13.6. The molecule has 7 heteroatoms. The molecule has 0 aliphatic carbocycles. The lowest BCUT2D eigenvalue weighted by atomic mass is 9.99. The molecule has 29 heavy (non-hydrogen) atoms. The van der Waals surface area contributed by atoms with E-state index in [9.17, 15) is 9.18 Å². The van der Waals surface area contributed by atoms with Crippen LogP contribution < -0.4 is 11.1 Å². The van der Waals surface area contributed by atoms with Crippen LogP contribution in [-0.2, 0) is 0 Å². The Balaban J connectivity index is 1.89. The molecular weight excluding hydrogens is 391 g/mol. The van der Waals surface area contributed by atoms with Crippen LogP contribution in [0.25, 0.3) is 22.3 Å². The van der Waals surface area contributed by atoms with Crippen molar-refractivity contribution >= 4 is 23.3 Å². The van der Waals surface area contributed by atoms with Gasteiger partial charge in [-0.2, -0.15) is 0 Å². The van der Waals surface area contributed by atoms with Gasteiger partial charge in [0.25, 0.3) is 5.91 Å². The number of likely N-dealkylation sites (N-methyl/N-ethyl adjacent to an activating group) is 1. The Bertz CT molecular complexity index is 1040. The molecule has 150 valence electrons. The number of rotatable bonds is 6. The Kier molecular flexibility index (Phi) is 6.46. The summed E-state index contributed by atoms with van der Waals surface area (Å²) in [5.41, 5.74) is 9.32. The lowest BCUT2D eigenvalue weighted by Crippen LogP contribution is -2.31. The van der Waals surface area contributed by atoms with Gasteiger partial charge < -0.3 is 16.0 Å². The molecule has 3 N–H and O–H groups in total. The monoisotopic (exact) mass is 412 g/mol. The highest BCUT2D eigenvalue weighted by Gasteiger charge is 2.11. The molecule has 0 saturated carbocycles. The second-order valence-electron chi connectivity index (χ2n) is 6.93. The van der Waals surface area contributed by atoms with Gasteiger partial charge in [-0.05, 0) is 55.6 Å². The predicted octanol–water partition coefficient (Wildman–Crippen LogP) is 4.08. The van der Waals surface area contributed by atoms with Crippen LogP contribution in [0.1, 0.15) is 10.4 Å². The van der Waals surface area contributed by atoms with E-state index in [1.807, 2.05) is 37.2 Å². The normalized spacial score (nSPS) is 10.9. The zero-order valence-electron chi connectivity index (χ0n) is 16.2. The first-order valence-corrected chi connectivity index (χ1v) is 9.47. The average molecular weight is 413 g/mol. The quantitative estimate of drug-likeness (QED) is 0.640. The largest absolute Gasteiger partial charge is 0.383 e. The van der Waals surface area contributed by atoms with Gasteiger partial charge in [-0.3, -0.25) is 4.79 Å². The van der Waals surface area contributed by atoms with Crippen LogP contribution in [0.5, 0.6) is 0 Å². The van der Waals surface area contributed by atoms with Crippen LogP contribution in [0.15, 0.2) is 54.7 Å². The molecule has 1 aromatic heterocycles. The number of benzene rings is 2. The molecule has 0 unspecified atom stereocenters. The number of hydrogen-bond donors (Lipinski definition) is 2. The maximum absolute atomic E-state index is 13.9. The Hall–Kier alpha value is -2.96. The third-order valence-corrected chi connectivity index (χ3v) is 4.76. The number of nitrogens with zero attached hydrogens (tertiary/aromatic N) is 2. The average Bonchev–Trinajstić information content (AvgIpc) is 2.70. The lowest BCUT2D eigenvalue weighted by Gasteiger charge is -2.12. The van der Waals surface area contributed by atoms with Gasteiger partial charge in [-0.25, -0.2) is 9.37 Å². The molecule has 0 aliphatic heterocycles. The Labute approximate surface area is 174 Å². The first-order chi connectivity index (χ1) is 13.8. The number of nitrogens with one attached hydrogen (secondary N) is 1. The fourth-order valence-corrected chi connectivity index (χ4v) is 2.98. The molecule has 5 nitrogen and oxygen atoms in total. The molecule has 0 fully saturated rings. The van der Waals surface area contributed by atoms with Gasteiger partial charge in [0, 0.05) is 36.0 Å². The van der Waals surface area contributed by atoms with Crippen molar-refractivity contribution < 1.29 is 9.18 Å². The van der Waals surface area contributed by atoms with Crippen LogP contribution in [0, 0.1) is 5.82 Å². The third-order valence-electron chi connectivity index (χ3n) is 4.45. The van der Waals surface area contributed by atoms with Crippen LogP contribution in [-0.4, -0.2) is 43.0 Å². The summed E-state index contributed by atoms with van der Waals surface area (Å²) >= 11 is 5.77. The first-order valence-electron chi connectivity index (χ1n) is 9.09. The van der Waals surface area contributed by atoms with Crippen LogP contribution in [0.3, 0.4) is 0 Å². The molecular formula is C22H22ClFN4O. The number of nitrogen functional groups attached to an aromatic ring is 1. The molecule has 0 atom stereocenters. The van der Waals surface area contributed by atoms with Crippen LogP contribution >= 0.6 is 11.6 Å². The van der Waals surface area contributed by atoms with E-state index in [0.717, 1.165) is 17.7 Å². The number of carbonyl (C=O) groups excluding carboxylic acids is 1. The van der Waals surface area contributed by atoms with Gasteiger partial charge in [0.15, 0.2) is 0 Å². The van der Waals surface area contributed by atoms with Gasteiger partial charge in [-0.15, -0.1) is 0 Å². The van der Waals surface area contributed by atoms with Crippen molar-refractivity contribution in [1.29, 1.82) is 0 Å². The van der Waals surface area contributed by atoms with Crippen molar-refractivity contribution in [2.24, 2.45) is 0 Å². The molecule has 3 aromatic rings.